The van der Waals surface area contributed by atoms with E-state index in [2.05, 4.69) is 37.9 Å². The van der Waals surface area contributed by atoms with Gasteiger partial charge in [0.05, 0.1) is 12.6 Å². The zero-order valence-electron chi connectivity index (χ0n) is 13.5. The number of aliphatic hydroxyl groups is 1. The van der Waals surface area contributed by atoms with Gasteiger partial charge >= 0.3 is 0 Å². The highest BCUT2D eigenvalue weighted by atomic mass is 16.3. The first-order valence-corrected chi connectivity index (χ1v) is 8.03. The molecule has 1 aliphatic rings. The fourth-order valence-corrected chi connectivity index (χ4v) is 3.65. The fourth-order valence-electron chi connectivity index (χ4n) is 3.65. The van der Waals surface area contributed by atoms with Gasteiger partial charge in [0.25, 0.3) is 5.91 Å². The second kappa shape index (κ2) is 5.76. The number of rotatable bonds is 2. The van der Waals surface area contributed by atoms with E-state index in [-0.39, 0.29) is 18.6 Å². The van der Waals surface area contributed by atoms with Gasteiger partial charge in [-0.05, 0) is 55.9 Å². The average Bonchev–Trinajstić information content (AvgIpc) is 2.90. The van der Waals surface area contributed by atoms with Crippen molar-refractivity contribution >= 4 is 16.8 Å². The Morgan fingerprint density at radius 1 is 1.36 bits per heavy atom. The van der Waals surface area contributed by atoms with Gasteiger partial charge in [0.2, 0.25) is 0 Å². The Hall–Kier alpha value is -1.81. The zero-order chi connectivity index (χ0) is 15.9. The first kappa shape index (κ1) is 15.1. The number of aryl methyl sites for hydroxylation is 2. The number of benzene rings is 1. The largest absolute Gasteiger partial charge is 0.394 e. The predicted octanol–water partition coefficient (Wildman–Crippen LogP) is 3.02. The Labute approximate surface area is 131 Å². The molecule has 0 radical (unpaired) electrons. The average molecular weight is 300 g/mol. The van der Waals surface area contributed by atoms with Crippen LogP contribution in [0.25, 0.3) is 10.9 Å². The molecule has 1 saturated heterocycles. The van der Waals surface area contributed by atoms with E-state index in [1.54, 1.807) is 0 Å². The molecule has 2 heterocycles. The Morgan fingerprint density at radius 3 is 2.86 bits per heavy atom. The molecule has 2 aromatic rings. The van der Waals surface area contributed by atoms with Crippen molar-refractivity contribution in [1.82, 2.24) is 9.88 Å². The molecule has 1 fully saturated rings. The number of aliphatic hydroxyl groups excluding tert-OH is 1. The highest BCUT2D eigenvalue weighted by molar-refractivity contribution is 5.99. The summed E-state index contributed by atoms with van der Waals surface area (Å²) in [6, 6.07) is 6.07. The van der Waals surface area contributed by atoms with Gasteiger partial charge in [-0.2, -0.15) is 0 Å². The topological polar surface area (TPSA) is 56.3 Å². The molecular formula is C18H24N2O2. The number of aromatic nitrogens is 1. The number of amides is 1. The van der Waals surface area contributed by atoms with Gasteiger partial charge < -0.3 is 15.0 Å². The maximum atomic E-state index is 12.9. The molecule has 22 heavy (non-hydrogen) atoms. The van der Waals surface area contributed by atoms with Crippen molar-refractivity contribution in [3.8, 4) is 0 Å². The normalized spacial score (nSPS) is 22.3. The number of carbonyl (C=O) groups excluding carboxylic acids is 1. The summed E-state index contributed by atoms with van der Waals surface area (Å²) in [7, 11) is 0. The van der Waals surface area contributed by atoms with Crippen LogP contribution in [0.4, 0.5) is 0 Å². The van der Waals surface area contributed by atoms with Gasteiger partial charge in [-0.25, -0.2) is 0 Å². The van der Waals surface area contributed by atoms with Crippen LogP contribution < -0.4 is 0 Å². The van der Waals surface area contributed by atoms with E-state index in [0.29, 0.717) is 11.6 Å². The minimum absolute atomic E-state index is 0.00106. The number of likely N-dealkylation sites (tertiary alicyclic amines) is 1. The maximum Gasteiger partial charge on any atom is 0.270 e. The summed E-state index contributed by atoms with van der Waals surface area (Å²) in [6.45, 7) is 6.99. The number of fused-ring (bicyclic) bond motifs is 1. The third-order valence-electron chi connectivity index (χ3n) is 4.88. The Kier molecular flexibility index (Phi) is 3.96. The zero-order valence-corrected chi connectivity index (χ0v) is 13.5. The van der Waals surface area contributed by atoms with Gasteiger partial charge in [0.15, 0.2) is 0 Å². The number of aromatic amines is 1. The molecule has 2 N–H and O–H groups in total. The first-order chi connectivity index (χ1) is 10.5. The molecule has 1 amide bonds. The maximum absolute atomic E-state index is 12.9. The molecule has 0 aliphatic carbocycles. The van der Waals surface area contributed by atoms with Crippen LogP contribution in [0.3, 0.4) is 0 Å². The number of hydrogen-bond donors (Lipinski definition) is 2. The quantitative estimate of drug-likeness (QED) is 0.895. The second-order valence-electron chi connectivity index (χ2n) is 6.59. The summed E-state index contributed by atoms with van der Waals surface area (Å²) >= 11 is 0. The third kappa shape index (κ3) is 2.52. The molecule has 4 nitrogen and oxygen atoms in total. The summed E-state index contributed by atoms with van der Waals surface area (Å²) in [6.07, 6.45) is 2.07. The number of hydrogen-bond acceptors (Lipinski definition) is 2. The van der Waals surface area contributed by atoms with E-state index in [9.17, 15) is 9.90 Å². The van der Waals surface area contributed by atoms with Gasteiger partial charge in [0, 0.05) is 17.4 Å². The summed E-state index contributed by atoms with van der Waals surface area (Å²) in [5, 5.41) is 10.7. The summed E-state index contributed by atoms with van der Waals surface area (Å²) < 4.78 is 0. The lowest BCUT2D eigenvalue weighted by Crippen LogP contribution is -2.49. The lowest BCUT2D eigenvalue weighted by atomic mass is 9.91. The van der Waals surface area contributed by atoms with E-state index >= 15 is 0 Å². The summed E-state index contributed by atoms with van der Waals surface area (Å²) in [4.78, 5) is 18.0. The van der Waals surface area contributed by atoms with Gasteiger partial charge in [-0.3, -0.25) is 4.79 Å². The van der Waals surface area contributed by atoms with E-state index in [1.807, 2.05) is 11.0 Å². The molecule has 4 heteroatoms. The van der Waals surface area contributed by atoms with Crippen LogP contribution in [0.2, 0.25) is 0 Å². The van der Waals surface area contributed by atoms with Gasteiger partial charge in [0.1, 0.15) is 5.69 Å². The lowest BCUT2D eigenvalue weighted by Gasteiger charge is -2.38. The van der Waals surface area contributed by atoms with Crippen molar-refractivity contribution in [2.45, 2.75) is 39.7 Å². The van der Waals surface area contributed by atoms with Crippen LogP contribution in [-0.4, -0.2) is 40.1 Å². The number of nitrogens with zero attached hydrogens (tertiary/aromatic N) is 1. The van der Waals surface area contributed by atoms with Crippen LogP contribution in [0, 0.1) is 19.8 Å². The standard InChI is InChI=1S/C18H24N2O2/c1-11-7-13(3)14-9-16(19-15(14)8-11)18(22)20-6-4-5-12(2)17(20)10-21/h7-9,12,17,19,21H,4-6,10H2,1-3H3. The van der Waals surface area contributed by atoms with E-state index < -0.39 is 0 Å². The molecule has 118 valence electrons. The fraction of sp³-hybridized carbons (Fsp3) is 0.500. The molecule has 1 aromatic carbocycles. The van der Waals surface area contributed by atoms with Crippen molar-refractivity contribution in [1.29, 1.82) is 0 Å². The number of nitrogens with one attached hydrogen (secondary N) is 1. The highest BCUT2D eigenvalue weighted by Gasteiger charge is 2.32. The molecule has 2 atom stereocenters. The van der Waals surface area contributed by atoms with Crippen molar-refractivity contribution in [2.75, 3.05) is 13.2 Å². The lowest BCUT2D eigenvalue weighted by molar-refractivity contribution is 0.0354. The first-order valence-electron chi connectivity index (χ1n) is 8.03. The number of carbonyl (C=O) groups is 1. The minimum atomic E-state index is -0.0736. The predicted molar refractivity (Wildman–Crippen MR) is 88.1 cm³/mol. The summed E-state index contributed by atoms with van der Waals surface area (Å²) in [5.74, 6) is 0.343. The van der Waals surface area contributed by atoms with Gasteiger partial charge in [-0.1, -0.05) is 13.0 Å². The molecule has 1 aromatic heterocycles. The molecule has 0 saturated carbocycles. The molecular weight excluding hydrogens is 276 g/mol. The third-order valence-corrected chi connectivity index (χ3v) is 4.88. The molecule has 1 aliphatic heterocycles. The minimum Gasteiger partial charge on any atom is -0.394 e. The smallest absolute Gasteiger partial charge is 0.270 e. The van der Waals surface area contributed by atoms with Crippen molar-refractivity contribution in [3.63, 3.8) is 0 Å². The van der Waals surface area contributed by atoms with E-state index in [0.717, 1.165) is 30.3 Å². The SMILES string of the molecule is Cc1cc(C)c2cc(C(=O)N3CCCC(C)C3CO)[nH]c2c1. The molecule has 2 unspecified atom stereocenters. The van der Waals surface area contributed by atoms with Crippen molar-refractivity contribution in [2.24, 2.45) is 5.92 Å². The number of H-pyrrole nitrogens is 1. The Bertz CT molecular complexity index is 704. The van der Waals surface area contributed by atoms with Crippen LogP contribution in [0.1, 0.15) is 41.4 Å². The highest BCUT2D eigenvalue weighted by Crippen LogP contribution is 2.27. The molecule has 0 bridgehead atoms. The number of piperidine rings is 1. The van der Waals surface area contributed by atoms with Crippen LogP contribution in [0.5, 0.6) is 0 Å². The van der Waals surface area contributed by atoms with Gasteiger partial charge in [-0.15, -0.1) is 0 Å². The van der Waals surface area contributed by atoms with E-state index in [1.165, 1.54) is 11.1 Å². The van der Waals surface area contributed by atoms with Crippen LogP contribution in [0.15, 0.2) is 18.2 Å². The van der Waals surface area contributed by atoms with Crippen molar-refractivity contribution in [3.05, 3.63) is 35.0 Å². The van der Waals surface area contributed by atoms with E-state index in [4.69, 9.17) is 0 Å². The second-order valence-corrected chi connectivity index (χ2v) is 6.59. The monoisotopic (exact) mass is 300 g/mol. The summed E-state index contributed by atoms with van der Waals surface area (Å²) in [5.41, 5.74) is 3.99. The molecule has 3 rings (SSSR count). The van der Waals surface area contributed by atoms with Crippen LogP contribution in [-0.2, 0) is 0 Å². The molecule has 0 spiro atoms. The van der Waals surface area contributed by atoms with Crippen LogP contribution >= 0.6 is 0 Å². The Balaban J connectivity index is 1.96. The Morgan fingerprint density at radius 2 is 2.14 bits per heavy atom. The van der Waals surface area contributed by atoms with Crippen molar-refractivity contribution < 1.29 is 9.90 Å².